The number of amides is 1. The molecule has 1 saturated carbocycles. The second-order valence-electron chi connectivity index (χ2n) is 10.9. The Labute approximate surface area is 241 Å². The fourth-order valence-electron chi connectivity index (χ4n) is 5.03. The smallest absolute Gasteiger partial charge is 0.255 e. The lowest BCUT2D eigenvalue weighted by Crippen LogP contribution is -2.25. The highest BCUT2D eigenvalue weighted by Crippen LogP contribution is 2.37. The van der Waals surface area contributed by atoms with Gasteiger partial charge in [-0.2, -0.15) is 0 Å². The molecule has 1 fully saturated rings. The van der Waals surface area contributed by atoms with Crippen LogP contribution in [0.1, 0.15) is 66.6 Å². The Kier molecular flexibility index (Phi) is 8.62. The minimum absolute atomic E-state index is 0.129. The minimum atomic E-state index is -0.129. The van der Waals surface area contributed by atoms with Gasteiger partial charge in [0.25, 0.3) is 5.91 Å². The molecule has 6 nitrogen and oxygen atoms in total. The minimum Gasteiger partial charge on any atom is -0.335 e. The van der Waals surface area contributed by atoms with Gasteiger partial charge in [-0.15, -0.1) is 0 Å². The van der Waals surface area contributed by atoms with E-state index in [1.807, 2.05) is 43.3 Å². The van der Waals surface area contributed by atoms with Gasteiger partial charge in [-0.1, -0.05) is 43.9 Å². The highest BCUT2D eigenvalue weighted by molar-refractivity contribution is 7.21. The summed E-state index contributed by atoms with van der Waals surface area (Å²) in [6.45, 7) is 15.9. The molecule has 0 saturated heterocycles. The van der Waals surface area contributed by atoms with E-state index in [9.17, 15) is 4.79 Å². The molecule has 0 unspecified atom stereocenters. The lowest BCUT2D eigenvalue weighted by Gasteiger charge is -2.22. The molecule has 2 aromatic carbocycles. The number of benzene rings is 2. The highest BCUT2D eigenvalue weighted by Gasteiger charge is 2.25. The number of nitrogens with zero attached hydrogens (tertiary/aromatic N) is 3. The van der Waals surface area contributed by atoms with Crippen molar-refractivity contribution >= 4 is 38.4 Å². The summed E-state index contributed by atoms with van der Waals surface area (Å²) in [6.07, 6.45) is 4.69. The van der Waals surface area contributed by atoms with Crippen molar-refractivity contribution < 1.29 is 4.79 Å². The first kappa shape index (κ1) is 28.0. The maximum Gasteiger partial charge on any atom is 0.255 e. The molecule has 0 atom stereocenters. The average molecular weight is 554 g/mol. The second kappa shape index (κ2) is 12.3. The highest BCUT2D eigenvalue weighted by atomic mass is 32.1. The van der Waals surface area contributed by atoms with Crippen LogP contribution in [0.25, 0.3) is 21.6 Å². The van der Waals surface area contributed by atoms with Crippen molar-refractivity contribution in [2.75, 3.05) is 23.7 Å². The lowest BCUT2D eigenvalue weighted by molar-refractivity contribution is 0.102. The Morgan fingerprint density at radius 3 is 2.45 bits per heavy atom. The quantitative estimate of drug-likeness (QED) is 0.185. The zero-order chi connectivity index (χ0) is 28.2. The first-order valence-electron chi connectivity index (χ1n) is 14.3. The molecule has 4 aromatic rings. The molecule has 0 spiro atoms. The van der Waals surface area contributed by atoms with Crippen molar-refractivity contribution in [2.24, 2.45) is 5.92 Å². The summed E-state index contributed by atoms with van der Waals surface area (Å²) in [5.41, 5.74) is 8.65. The lowest BCUT2D eigenvalue weighted by atomic mass is 10.0. The molecule has 40 heavy (non-hydrogen) atoms. The molecule has 0 radical (unpaired) electrons. The van der Waals surface area contributed by atoms with Crippen LogP contribution in [0.3, 0.4) is 0 Å². The van der Waals surface area contributed by atoms with E-state index in [-0.39, 0.29) is 5.91 Å². The van der Waals surface area contributed by atoms with Gasteiger partial charge in [-0.25, -0.2) is 9.97 Å². The molecule has 1 aliphatic carbocycles. The molecule has 0 bridgehead atoms. The number of fused-ring (bicyclic) bond motifs is 1. The summed E-state index contributed by atoms with van der Waals surface area (Å²) in [5, 5.41) is 7.28. The number of aryl methyl sites for hydroxylation is 2. The number of aromatic nitrogens is 2. The van der Waals surface area contributed by atoms with Crippen LogP contribution < -0.4 is 10.6 Å². The van der Waals surface area contributed by atoms with Gasteiger partial charge in [-0.05, 0) is 112 Å². The number of rotatable bonds is 12. The fourth-order valence-corrected chi connectivity index (χ4v) is 5.90. The molecule has 0 aliphatic heterocycles. The van der Waals surface area contributed by atoms with Gasteiger partial charge >= 0.3 is 0 Å². The van der Waals surface area contributed by atoms with Crippen LogP contribution in [0.15, 0.2) is 60.8 Å². The van der Waals surface area contributed by atoms with E-state index < -0.39 is 0 Å². The first-order chi connectivity index (χ1) is 19.3. The van der Waals surface area contributed by atoms with Crippen molar-refractivity contribution in [3.05, 3.63) is 83.1 Å². The number of allylic oxidation sites excluding steroid dienone is 1. The topological polar surface area (TPSA) is 70.2 Å². The van der Waals surface area contributed by atoms with Gasteiger partial charge in [0, 0.05) is 29.1 Å². The number of carbonyl (C=O) groups is 1. The van der Waals surface area contributed by atoms with Crippen LogP contribution in [0.2, 0.25) is 0 Å². The summed E-state index contributed by atoms with van der Waals surface area (Å²) in [5.74, 6) is 0.437. The molecule has 5 rings (SSSR count). The number of pyridine rings is 1. The molecule has 2 N–H and O–H groups in total. The average Bonchev–Trinajstić information content (AvgIpc) is 3.71. The van der Waals surface area contributed by atoms with Crippen molar-refractivity contribution in [2.45, 2.75) is 59.9 Å². The number of hydrogen-bond donors (Lipinski definition) is 2. The summed E-state index contributed by atoms with van der Waals surface area (Å²) < 4.78 is 0. The Morgan fingerprint density at radius 1 is 0.975 bits per heavy atom. The standard InChI is InChI=1S/C33H39N5OS/c1-6-16-38(17-7-2)20-26-12-13-27(18-22(26)4)35-31(39)25-9-8-21(3)28(19-25)29-14-15-30-32(36-29)40-33(37-30)34-23(5)24-10-11-24/h8-9,12-15,18-19,24H,5-7,10-11,16-17,20H2,1-4H3,(H,34,37)(H,35,39). The van der Waals surface area contributed by atoms with Crippen LogP contribution in [-0.4, -0.2) is 33.9 Å². The number of hydrogen-bond acceptors (Lipinski definition) is 6. The van der Waals surface area contributed by atoms with Crippen molar-refractivity contribution in [1.82, 2.24) is 14.9 Å². The van der Waals surface area contributed by atoms with Crippen molar-refractivity contribution in [3.8, 4) is 11.3 Å². The molecule has 1 amide bonds. The Hall–Kier alpha value is -3.55. The monoisotopic (exact) mass is 553 g/mol. The predicted octanol–water partition coefficient (Wildman–Crippen LogP) is 8.19. The summed E-state index contributed by atoms with van der Waals surface area (Å²) >= 11 is 1.53. The zero-order valence-electron chi connectivity index (χ0n) is 24.0. The molecule has 2 heterocycles. The summed E-state index contributed by atoms with van der Waals surface area (Å²) in [7, 11) is 0. The van der Waals surface area contributed by atoms with Gasteiger partial charge in [0.15, 0.2) is 5.13 Å². The number of nitrogens with one attached hydrogen (secondary N) is 2. The molecule has 2 aromatic heterocycles. The normalized spacial score (nSPS) is 13.1. The molecule has 1 aliphatic rings. The van der Waals surface area contributed by atoms with E-state index in [2.05, 4.69) is 60.0 Å². The third kappa shape index (κ3) is 6.60. The molecular weight excluding hydrogens is 514 g/mol. The Morgan fingerprint density at radius 2 is 1.75 bits per heavy atom. The van der Waals surface area contributed by atoms with E-state index in [1.165, 1.54) is 35.3 Å². The summed E-state index contributed by atoms with van der Waals surface area (Å²) in [4.78, 5) is 26.2. The third-order valence-electron chi connectivity index (χ3n) is 7.44. The molecule has 7 heteroatoms. The largest absolute Gasteiger partial charge is 0.335 e. The predicted molar refractivity (Wildman–Crippen MR) is 168 cm³/mol. The third-order valence-corrected chi connectivity index (χ3v) is 8.32. The first-order valence-corrected chi connectivity index (χ1v) is 15.1. The number of thiazole rings is 1. The van der Waals surface area contributed by atoms with Gasteiger partial charge in [-0.3, -0.25) is 9.69 Å². The number of carbonyl (C=O) groups excluding carboxylic acids is 1. The zero-order valence-corrected chi connectivity index (χ0v) is 24.8. The molecular formula is C33H39N5OS. The van der Waals surface area contributed by atoms with Gasteiger partial charge < -0.3 is 10.6 Å². The van der Waals surface area contributed by atoms with Crippen molar-refractivity contribution in [3.63, 3.8) is 0 Å². The van der Waals surface area contributed by atoms with Crippen LogP contribution >= 0.6 is 11.3 Å². The van der Waals surface area contributed by atoms with E-state index in [0.29, 0.717) is 11.5 Å². The van der Waals surface area contributed by atoms with E-state index in [4.69, 9.17) is 4.98 Å². The fraction of sp³-hybridized carbons (Fsp3) is 0.364. The van der Waals surface area contributed by atoms with Gasteiger partial charge in [0.05, 0.1) is 5.69 Å². The van der Waals surface area contributed by atoms with E-state index >= 15 is 0 Å². The Bertz CT molecular complexity index is 1530. The van der Waals surface area contributed by atoms with Crippen LogP contribution in [0, 0.1) is 19.8 Å². The maximum absolute atomic E-state index is 13.3. The molecule has 208 valence electrons. The van der Waals surface area contributed by atoms with Crippen LogP contribution in [0.5, 0.6) is 0 Å². The van der Waals surface area contributed by atoms with Crippen molar-refractivity contribution in [1.29, 1.82) is 0 Å². The van der Waals surface area contributed by atoms with E-state index in [1.54, 1.807) is 0 Å². The summed E-state index contributed by atoms with van der Waals surface area (Å²) in [6, 6.07) is 16.0. The van der Waals surface area contributed by atoms with Crippen LogP contribution in [0.4, 0.5) is 10.8 Å². The maximum atomic E-state index is 13.3. The second-order valence-corrected chi connectivity index (χ2v) is 11.8. The van der Waals surface area contributed by atoms with Crippen LogP contribution in [-0.2, 0) is 6.54 Å². The van der Waals surface area contributed by atoms with E-state index in [0.717, 1.165) is 76.2 Å². The SMILES string of the molecule is C=C(Nc1nc2ccc(-c3cc(C(=O)Nc4ccc(CN(CCC)CCC)c(C)c4)ccc3C)nc2s1)C1CC1. The number of anilines is 2. The van der Waals surface area contributed by atoms with Gasteiger partial charge in [0.1, 0.15) is 10.3 Å². The van der Waals surface area contributed by atoms with Gasteiger partial charge in [0.2, 0.25) is 0 Å². The Balaban J connectivity index is 1.31.